The number of unbranched alkanes of at least 4 members (excludes halogenated alkanes) is 2. The van der Waals surface area contributed by atoms with Crippen LogP contribution < -0.4 is 9.80 Å². The predicted octanol–water partition coefficient (Wildman–Crippen LogP) is 7.93. The molecule has 41 heavy (non-hydrogen) atoms. The van der Waals surface area contributed by atoms with E-state index in [4.69, 9.17) is 0 Å². The van der Waals surface area contributed by atoms with E-state index in [1.807, 2.05) is 0 Å². The third-order valence-electron chi connectivity index (χ3n) is 9.75. The first-order valence-electron chi connectivity index (χ1n) is 16.5. The molecule has 3 fully saturated rings. The number of hydrogen-bond acceptors (Lipinski definition) is 4. The molecule has 6 nitrogen and oxygen atoms in total. The van der Waals surface area contributed by atoms with Crippen LogP contribution in [0, 0.1) is 41.4 Å². The summed E-state index contributed by atoms with van der Waals surface area (Å²) in [6, 6.07) is 6.93. The van der Waals surface area contributed by atoms with Crippen LogP contribution in [0.1, 0.15) is 118 Å². The van der Waals surface area contributed by atoms with E-state index < -0.39 is 0 Å². The summed E-state index contributed by atoms with van der Waals surface area (Å²) in [5.41, 5.74) is 1.08. The Balaban J connectivity index is 1.42. The monoisotopic (exact) mass is 564 g/mol. The zero-order valence-corrected chi connectivity index (χ0v) is 26.1. The van der Waals surface area contributed by atoms with Gasteiger partial charge in [0.25, 0.3) is 0 Å². The molecule has 0 radical (unpaired) electrons. The van der Waals surface area contributed by atoms with Crippen molar-refractivity contribution in [2.24, 2.45) is 41.4 Å². The fourth-order valence-electron chi connectivity index (χ4n) is 7.44. The second kappa shape index (κ2) is 14.1. The lowest BCUT2D eigenvalue weighted by atomic mass is 9.73. The maximum absolute atomic E-state index is 13.5. The molecule has 4 amide bonds. The molecule has 1 aliphatic carbocycles. The van der Waals surface area contributed by atoms with Gasteiger partial charge in [-0.15, -0.1) is 0 Å². The molecule has 1 aromatic carbocycles. The fraction of sp³-hybridized carbons (Fsp3) is 0.714. The van der Waals surface area contributed by atoms with E-state index >= 15 is 0 Å². The molecular formula is C35H52N2O4. The summed E-state index contributed by atoms with van der Waals surface area (Å²) in [4.78, 5) is 56.5. The highest BCUT2D eigenvalue weighted by molar-refractivity contribution is 6.23. The molecule has 0 bridgehead atoms. The van der Waals surface area contributed by atoms with Gasteiger partial charge in [-0.05, 0) is 74.1 Å². The average molecular weight is 565 g/mol. The first kappa shape index (κ1) is 31.4. The number of benzene rings is 1. The second-order valence-electron chi connectivity index (χ2n) is 13.8. The number of carbonyl (C=O) groups is 4. The Kier molecular flexibility index (Phi) is 10.8. The van der Waals surface area contributed by atoms with Gasteiger partial charge in [0.05, 0.1) is 35.0 Å². The number of anilines is 2. The number of carbonyl (C=O) groups excluding carboxylic acids is 4. The first-order chi connectivity index (χ1) is 19.6. The minimum atomic E-state index is -0.268. The molecule has 2 heterocycles. The van der Waals surface area contributed by atoms with Crippen molar-refractivity contribution in [3.63, 3.8) is 0 Å². The maximum Gasteiger partial charge on any atom is 0.237 e. The van der Waals surface area contributed by atoms with Crippen molar-refractivity contribution in [1.82, 2.24) is 0 Å². The lowest BCUT2D eigenvalue weighted by Gasteiger charge is -2.28. The van der Waals surface area contributed by atoms with Crippen molar-refractivity contribution in [1.29, 1.82) is 0 Å². The molecular weight excluding hydrogens is 512 g/mol. The van der Waals surface area contributed by atoms with Crippen LogP contribution in [0.5, 0.6) is 0 Å². The third kappa shape index (κ3) is 7.11. The Morgan fingerprint density at radius 1 is 0.634 bits per heavy atom. The first-order valence-corrected chi connectivity index (χ1v) is 16.5. The number of amides is 4. The molecule has 1 aromatic rings. The lowest BCUT2D eigenvalue weighted by molar-refractivity contribution is -0.124. The van der Waals surface area contributed by atoms with Gasteiger partial charge in [0.15, 0.2) is 0 Å². The van der Waals surface area contributed by atoms with E-state index in [2.05, 4.69) is 34.6 Å². The van der Waals surface area contributed by atoms with Gasteiger partial charge < -0.3 is 0 Å². The highest BCUT2D eigenvalue weighted by Crippen LogP contribution is 2.44. The smallest absolute Gasteiger partial charge is 0.237 e. The van der Waals surface area contributed by atoms with Crippen LogP contribution in [0.2, 0.25) is 0 Å². The Labute approximate surface area is 247 Å². The van der Waals surface area contributed by atoms with Gasteiger partial charge in [0.2, 0.25) is 23.6 Å². The fourth-order valence-corrected chi connectivity index (χ4v) is 7.44. The number of nitrogens with zero attached hydrogens (tertiary/aromatic N) is 2. The van der Waals surface area contributed by atoms with Crippen LogP contribution in [0.25, 0.3) is 0 Å². The highest BCUT2D eigenvalue weighted by Gasteiger charge is 2.51. The molecule has 2 saturated heterocycles. The summed E-state index contributed by atoms with van der Waals surface area (Å²) in [6.45, 7) is 11.0. The molecule has 5 unspecified atom stereocenters. The minimum absolute atomic E-state index is 0.0878. The quantitative estimate of drug-likeness (QED) is 0.170. The average Bonchev–Trinajstić information content (AvgIpc) is 3.32. The number of fused-ring (bicyclic) bond motifs is 1. The normalized spacial score (nSPS) is 26.7. The van der Waals surface area contributed by atoms with Gasteiger partial charge in [-0.3, -0.25) is 29.0 Å². The van der Waals surface area contributed by atoms with Gasteiger partial charge >= 0.3 is 0 Å². The van der Waals surface area contributed by atoms with E-state index in [0.717, 1.165) is 57.8 Å². The number of imide groups is 2. The molecule has 4 rings (SSSR count). The Bertz CT molecular complexity index is 1080. The van der Waals surface area contributed by atoms with Crippen LogP contribution in [0.4, 0.5) is 11.4 Å². The van der Waals surface area contributed by atoms with E-state index in [-0.39, 0.29) is 47.3 Å². The van der Waals surface area contributed by atoms with Crippen LogP contribution in [0.3, 0.4) is 0 Å². The highest BCUT2D eigenvalue weighted by atomic mass is 16.2. The topological polar surface area (TPSA) is 74.8 Å². The largest absolute Gasteiger partial charge is 0.274 e. The molecule has 6 heteroatoms. The van der Waals surface area contributed by atoms with Gasteiger partial charge in [0.1, 0.15) is 0 Å². The Hall–Kier alpha value is -2.50. The molecule has 5 atom stereocenters. The summed E-state index contributed by atoms with van der Waals surface area (Å²) in [7, 11) is 0. The van der Waals surface area contributed by atoms with Crippen LogP contribution in [0.15, 0.2) is 24.3 Å². The van der Waals surface area contributed by atoms with E-state index in [1.54, 1.807) is 24.3 Å². The molecule has 2 aliphatic heterocycles. The molecule has 0 spiro atoms. The zero-order valence-electron chi connectivity index (χ0n) is 26.1. The van der Waals surface area contributed by atoms with Crippen molar-refractivity contribution in [2.75, 3.05) is 9.80 Å². The van der Waals surface area contributed by atoms with Gasteiger partial charge in [-0.2, -0.15) is 0 Å². The van der Waals surface area contributed by atoms with Crippen LogP contribution in [-0.4, -0.2) is 23.6 Å². The third-order valence-corrected chi connectivity index (χ3v) is 9.75. The molecule has 226 valence electrons. The van der Waals surface area contributed by atoms with Crippen LogP contribution >= 0.6 is 0 Å². The number of hydrogen-bond donors (Lipinski definition) is 0. The van der Waals surface area contributed by atoms with Crippen molar-refractivity contribution >= 4 is 35.0 Å². The standard InChI is InChI=1S/C35H52N2O4/c1-6-11-28-29(15-9-7-8-12-23(2)3)33(39)36(32(28)38)26-17-19-27(20-18-26)37-34(40)30-21-16-25(14-10-13-24(4)5)22-31(30)35(37)41/h17-20,23-25,28-31H,6-16,21-22H2,1-5H3. The van der Waals surface area contributed by atoms with E-state index in [9.17, 15) is 19.2 Å². The Morgan fingerprint density at radius 2 is 1.17 bits per heavy atom. The van der Waals surface area contributed by atoms with Crippen molar-refractivity contribution in [3.8, 4) is 0 Å². The van der Waals surface area contributed by atoms with Gasteiger partial charge in [-0.1, -0.05) is 86.0 Å². The minimum Gasteiger partial charge on any atom is -0.274 e. The van der Waals surface area contributed by atoms with Gasteiger partial charge in [0, 0.05) is 0 Å². The van der Waals surface area contributed by atoms with Crippen molar-refractivity contribution < 1.29 is 19.2 Å². The Morgan fingerprint density at radius 3 is 1.76 bits per heavy atom. The number of rotatable bonds is 14. The zero-order chi connectivity index (χ0) is 29.7. The molecule has 0 N–H and O–H groups in total. The summed E-state index contributed by atoms with van der Waals surface area (Å²) in [6.07, 6.45) is 12.8. The summed E-state index contributed by atoms with van der Waals surface area (Å²) in [5.74, 6) is 0.510. The molecule has 0 aromatic heterocycles. The molecule has 3 aliphatic rings. The SMILES string of the molecule is CCCC1C(=O)N(c2ccc(N3C(=O)C4CCC(CCCC(C)C)CC4C3=O)cc2)C(=O)C1CCCCCC(C)C. The summed E-state index contributed by atoms with van der Waals surface area (Å²) < 4.78 is 0. The van der Waals surface area contributed by atoms with E-state index in [0.29, 0.717) is 35.5 Å². The van der Waals surface area contributed by atoms with Crippen molar-refractivity contribution in [3.05, 3.63) is 24.3 Å². The molecule has 1 saturated carbocycles. The summed E-state index contributed by atoms with van der Waals surface area (Å²) in [5, 5.41) is 0. The van der Waals surface area contributed by atoms with Gasteiger partial charge in [-0.25, -0.2) is 0 Å². The van der Waals surface area contributed by atoms with E-state index in [1.165, 1.54) is 29.1 Å². The lowest BCUT2D eigenvalue weighted by Crippen LogP contribution is -2.32. The summed E-state index contributed by atoms with van der Waals surface area (Å²) >= 11 is 0. The maximum atomic E-state index is 13.5. The van der Waals surface area contributed by atoms with Crippen molar-refractivity contribution in [2.45, 2.75) is 118 Å². The predicted molar refractivity (Wildman–Crippen MR) is 164 cm³/mol. The van der Waals surface area contributed by atoms with Crippen LogP contribution in [-0.2, 0) is 19.2 Å². The second-order valence-corrected chi connectivity index (χ2v) is 13.8.